The lowest BCUT2D eigenvalue weighted by Crippen LogP contribution is -2.03. The van der Waals surface area contributed by atoms with Crippen molar-refractivity contribution in [3.8, 4) is 5.75 Å². The fourth-order valence-electron chi connectivity index (χ4n) is 3.15. The summed E-state index contributed by atoms with van der Waals surface area (Å²) < 4.78 is 7.35. The van der Waals surface area contributed by atoms with Gasteiger partial charge in [0.15, 0.2) is 5.78 Å². The monoisotopic (exact) mass is 351 g/mol. The Kier molecular flexibility index (Phi) is 5.37. The normalized spacial score (nSPS) is 10.8. The standard InChI is InChI=1S/C21H21NO4/c1-26-19-11-5-3-9-16(19)21(25)17-14-22(13-7-6-12-20(23)24)18-10-4-2-8-15(17)18/h2-5,8-11,14H,6-7,12-13H2,1H3,(H,23,24). The first-order valence-corrected chi connectivity index (χ1v) is 8.59. The number of ether oxygens (including phenoxy) is 1. The molecule has 0 spiro atoms. The van der Waals surface area contributed by atoms with E-state index >= 15 is 0 Å². The van der Waals surface area contributed by atoms with Crippen LogP contribution in [-0.2, 0) is 11.3 Å². The van der Waals surface area contributed by atoms with E-state index in [2.05, 4.69) is 0 Å². The maximum absolute atomic E-state index is 13.1. The zero-order chi connectivity index (χ0) is 18.5. The molecule has 1 heterocycles. The van der Waals surface area contributed by atoms with Crippen molar-refractivity contribution in [3.05, 3.63) is 65.9 Å². The topological polar surface area (TPSA) is 68.5 Å². The average molecular weight is 351 g/mol. The van der Waals surface area contributed by atoms with E-state index in [9.17, 15) is 9.59 Å². The van der Waals surface area contributed by atoms with Gasteiger partial charge in [-0.1, -0.05) is 30.3 Å². The molecular weight excluding hydrogens is 330 g/mol. The van der Waals surface area contributed by atoms with E-state index < -0.39 is 5.97 Å². The lowest BCUT2D eigenvalue weighted by molar-refractivity contribution is -0.137. The molecule has 26 heavy (non-hydrogen) atoms. The number of fused-ring (bicyclic) bond motifs is 1. The molecule has 0 aliphatic carbocycles. The van der Waals surface area contributed by atoms with Crippen LogP contribution in [0.5, 0.6) is 5.75 Å². The Morgan fingerprint density at radius 2 is 1.73 bits per heavy atom. The van der Waals surface area contributed by atoms with Crippen molar-refractivity contribution >= 4 is 22.7 Å². The fraction of sp³-hybridized carbons (Fsp3) is 0.238. The van der Waals surface area contributed by atoms with Gasteiger partial charge in [-0.2, -0.15) is 0 Å². The number of unbranched alkanes of at least 4 members (excludes halogenated alkanes) is 1. The lowest BCUT2D eigenvalue weighted by Gasteiger charge is -2.06. The van der Waals surface area contributed by atoms with Crippen LogP contribution in [0.2, 0.25) is 0 Å². The van der Waals surface area contributed by atoms with Crippen molar-refractivity contribution < 1.29 is 19.4 Å². The Bertz CT molecular complexity index is 942. The van der Waals surface area contributed by atoms with Gasteiger partial charge in [-0.15, -0.1) is 0 Å². The summed E-state index contributed by atoms with van der Waals surface area (Å²) in [5.74, 6) is -0.312. The molecule has 0 bridgehead atoms. The number of para-hydroxylation sites is 2. The zero-order valence-corrected chi connectivity index (χ0v) is 14.6. The van der Waals surface area contributed by atoms with Crippen molar-refractivity contribution in [1.82, 2.24) is 4.57 Å². The van der Waals surface area contributed by atoms with Crippen molar-refractivity contribution in [1.29, 1.82) is 0 Å². The Labute approximate surface area is 151 Å². The number of aryl methyl sites for hydroxylation is 1. The number of ketones is 1. The van der Waals surface area contributed by atoms with Gasteiger partial charge in [0, 0.05) is 35.6 Å². The molecule has 0 amide bonds. The first kappa shape index (κ1) is 17.7. The number of nitrogens with zero attached hydrogens (tertiary/aromatic N) is 1. The summed E-state index contributed by atoms with van der Waals surface area (Å²) in [7, 11) is 1.55. The first-order chi connectivity index (χ1) is 12.6. The van der Waals surface area contributed by atoms with Gasteiger partial charge in [-0.3, -0.25) is 9.59 Å². The van der Waals surface area contributed by atoms with E-state index in [1.165, 1.54) is 0 Å². The number of carboxylic acids is 1. The van der Waals surface area contributed by atoms with E-state index in [0.717, 1.165) is 17.3 Å². The Balaban J connectivity index is 1.93. The number of hydrogen-bond acceptors (Lipinski definition) is 3. The predicted octanol–water partition coefficient (Wildman–Crippen LogP) is 4.14. The van der Waals surface area contributed by atoms with Gasteiger partial charge in [0.05, 0.1) is 12.7 Å². The number of carbonyl (C=O) groups is 2. The predicted molar refractivity (Wildman–Crippen MR) is 99.9 cm³/mol. The molecule has 0 radical (unpaired) electrons. The lowest BCUT2D eigenvalue weighted by atomic mass is 10.0. The highest BCUT2D eigenvalue weighted by Crippen LogP contribution is 2.27. The molecule has 5 heteroatoms. The summed E-state index contributed by atoms with van der Waals surface area (Å²) in [5.41, 5.74) is 2.13. The third-order valence-corrected chi connectivity index (χ3v) is 4.42. The van der Waals surface area contributed by atoms with Crippen LogP contribution in [0.3, 0.4) is 0 Å². The molecule has 5 nitrogen and oxygen atoms in total. The maximum Gasteiger partial charge on any atom is 0.303 e. The van der Waals surface area contributed by atoms with E-state index in [1.807, 2.05) is 47.2 Å². The van der Waals surface area contributed by atoms with Gasteiger partial charge in [0.25, 0.3) is 0 Å². The number of carboxylic acid groups (broad SMARTS) is 1. The van der Waals surface area contributed by atoms with Gasteiger partial charge in [-0.05, 0) is 31.0 Å². The largest absolute Gasteiger partial charge is 0.496 e. The maximum atomic E-state index is 13.1. The SMILES string of the molecule is COc1ccccc1C(=O)c1cn(CCCCC(=O)O)c2ccccc12. The molecule has 3 rings (SSSR count). The molecule has 134 valence electrons. The van der Waals surface area contributed by atoms with Gasteiger partial charge < -0.3 is 14.4 Å². The smallest absolute Gasteiger partial charge is 0.303 e. The van der Waals surface area contributed by atoms with Crippen molar-refractivity contribution in [3.63, 3.8) is 0 Å². The molecular formula is C21H21NO4. The summed E-state index contributed by atoms with van der Waals surface area (Å²) >= 11 is 0. The van der Waals surface area contributed by atoms with Crippen LogP contribution in [0.15, 0.2) is 54.7 Å². The van der Waals surface area contributed by atoms with Crippen molar-refractivity contribution in [2.24, 2.45) is 0 Å². The van der Waals surface area contributed by atoms with E-state index in [4.69, 9.17) is 9.84 Å². The minimum atomic E-state index is -0.783. The molecule has 0 aliphatic rings. The summed E-state index contributed by atoms with van der Waals surface area (Å²) in [6.07, 6.45) is 3.37. The molecule has 3 aromatic rings. The molecule has 0 saturated heterocycles. The van der Waals surface area contributed by atoms with Crippen LogP contribution < -0.4 is 4.74 Å². The van der Waals surface area contributed by atoms with E-state index in [-0.39, 0.29) is 12.2 Å². The van der Waals surface area contributed by atoms with Crippen LogP contribution in [0, 0.1) is 0 Å². The van der Waals surface area contributed by atoms with Crippen LogP contribution in [0.25, 0.3) is 10.9 Å². The number of hydrogen-bond donors (Lipinski definition) is 1. The molecule has 1 aromatic heterocycles. The van der Waals surface area contributed by atoms with Crippen LogP contribution in [0.4, 0.5) is 0 Å². The number of aliphatic carboxylic acids is 1. The van der Waals surface area contributed by atoms with Gasteiger partial charge in [0.2, 0.25) is 0 Å². The zero-order valence-electron chi connectivity index (χ0n) is 14.6. The number of methoxy groups -OCH3 is 1. The molecule has 1 N–H and O–H groups in total. The van der Waals surface area contributed by atoms with Crippen molar-refractivity contribution in [2.75, 3.05) is 7.11 Å². The number of rotatable bonds is 8. The molecule has 0 aliphatic heterocycles. The highest BCUT2D eigenvalue weighted by atomic mass is 16.5. The van der Waals surface area contributed by atoms with Crippen LogP contribution in [0.1, 0.15) is 35.2 Å². The summed E-state index contributed by atoms with van der Waals surface area (Å²) in [5, 5.41) is 9.66. The minimum Gasteiger partial charge on any atom is -0.496 e. The third-order valence-electron chi connectivity index (χ3n) is 4.42. The second kappa shape index (κ2) is 7.87. The first-order valence-electron chi connectivity index (χ1n) is 8.59. The van der Waals surface area contributed by atoms with Gasteiger partial charge >= 0.3 is 5.97 Å². The Morgan fingerprint density at radius 1 is 1.00 bits per heavy atom. The summed E-state index contributed by atoms with van der Waals surface area (Å²) in [4.78, 5) is 23.8. The average Bonchev–Trinajstić information content (AvgIpc) is 3.03. The molecule has 0 unspecified atom stereocenters. The second-order valence-corrected chi connectivity index (χ2v) is 6.13. The highest BCUT2D eigenvalue weighted by molar-refractivity contribution is 6.17. The summed E-state index contributed by atoms with van der Waals surface area (Å²) in [6.45, 7) is 0.674. The Hall–Kier alpha value is -3.08. The Morgan fingerprint density at radius 3 is 2.50 bits per heavy atom. The van der Waals surface area contributed by atoms with E-state index in [0.29, 0.717) is 29.8 Å². The van der Waals surface area contributed by atoms with Gasteiger partial charge in [0.1, 0.15) is 5.75 Å². The minimum absolute atomic E-state index is 0.0806. The molecule has 2 aromatic carbocycles. The number of carbonyl (C=O) groups excluding carboxylic acids is 1. The summed E-state index contributed by atoms with van der Waals surface area (Å²) in [6, 6.07) is 15.0. The quantitative estimate of drug-likeness (QED) is 0.489. The van der Waals surface area contributed by atoms with E-state index in [1.54, 1.807) is 19.2 Å². The van der Waals surface area contributed by atoms with Crippen LogP contribution >= 0.6 is 0 Å². The van der Waals surface area contributed by atoms with Gasteiger partial charge in [-0.25, -0.2) is 0 Å². The third kappa shape index (κ3) is 3.61. The second-order valence-electron chi connectivity index (χ2n) is 6.13. The van der Waals surface area contributed by atoms with Crippen LogP contribution in [-0.4, -0.2) is 28.5 Å². The molecule has 0 atom stereocenters. The van der Waals surface area contributed by atoms with Crippen molar-refractivity contribution in [2.45, 2.75) is 25.8 Å². The molecule has 0 fully saturated rings. The number of aromatic nitrogens is 1. The highest BCUT2D eigenvalue weighted by Gasteiger charge is 2.19. The fourth-order valence-corrected chi connectivity index (χ4v) is 3.15. The number of benzene rings is 2. The molecule has 0 saturated carbocycles.